The molecule has 0 atom stereocenters. The van der Waals surface area contributed by atoms with Gasteiger partial charge in [-0.3, -0.25) is 0 Å². The van der Waals surface area contributed by atoms with Gasteiger partial charge in [-0.25, -0.2) is 0 Å². The monoisotopic (exact) mass is 281 g/mol. The van der Waals surface area contributed by atoms with Crippen LogP contribution < -0.4 is 0 Å². The van der Waals surface area contributed by atoms with Crippen molar-refractivity contribution in [2.75, 3.05) is 0 Å². The maximum absolute atomic E-state index is 12.6. The molecule has 1 N–H and O–H groups in total. The van der Waals surface area contributed by atoms with E-state index in [2.05, 4.69) is 15.4 Å². The highest BCUT2D eigenvalue weighted by molar-refractivity contribution is 5.60. The standard InChI is InChI=1S/C10H5F6N3/c11-9(12,13)6-1-5(8-4-17-19-18-8)2-7(3-6)10(14,15)16/h1-4H,(H,17,18,19). The Bertz CT molecular complexity index is 538. The lowest BCUT2D eigenvalue weighted by molar-refractivity contribution is -0.143. The number of aromatic nitrogens is 3. The molecule has 1 heterocycles. The van der Waals surface area contributed by atoms with Gasteiger partial charge in [0, 0.05) is 5.56 Å². The second-order valence-electron chi connectivity index (χ2n) is 3.65. The number of benzene rings is 1. The van der Waals surface area contributed by atoms with Crippen LogP contribution in [0.5, 0.6) is 0 Å². The Morgan fingerprint density at radius 2 is 1.37 bits per heavy atom. The largest absolute Gasteiger partial charge is 0.416 e. The molecule has 0 spiro atoms. The molecule has 3 nitrogen and oxygen atoms in total. The van der Waals surface area contributed by atoms with E-state index in [1.165, 1.54) is 0 Å². The van der Waals surface area contributed by atoms with Gasteiger partial charge in [0.25, 0.3) is 0 Å². The maximum atomic E-state index is 12.6. The molecule has 0 bridgehead atoms. The highest BCUT2D eigenvalue weighted by Crippen LogP contribution is 2.38. The smallest absolute Gasteiger partial charge is 0.197 e. The van der Waals surface area contributed by atoms with E-state index in [0.717, 1.165) is 6.20 Å². The summed E-state index contributed by atoms with van der Waals surface area (Å²) < 4.78 is 75.4. The topological polar surface area (TPSA) is 41.6 Å². The van der Waals surface area contributed by atoms with Crippen LogP contribution >= 0.6 is 0 Å². The number of hydrogen-bond acceptors (Lipinski definition) is 2. The Labute approximate surface area is 102 Å². The molecular weight excluding hydrogens is 276 g/mol. The van der Waals surface area contributed by atoms with Gasteiger partial charge in [-0.05, 0) is 18.2 Å². The minimum Gasteiger partial charge on any atom is -0.197 e. The fraction of sp³-hybridized carbons (Fsp3) is 0.200. The Balaban J connectivity index is 2.62. The van der Waals surface area contributed by atoms with Gasteiger partial charge in [0.15, 0.2) is 0 Å². The molecule has 102 valence electrons. The Hall–Kier alpha value is -2.06. The number of halogens is 6. The van der Waals surface area contributed by atoms with Crippen LogP contribution in [0.4, 0.5) is 26.3 Å². The zero-order valence-electron chi connectivity index (χ0n) is 8.97. The van der Waals surface area contributed by atoms with Gasteiger partial charge in [-0.15, -0.1) is 0 Å². The van der Waals surface area contributed by atoms with Crippen LogP contribution in [0.15, 0.2) is 24.4 Å². The third-order valence-electron chi connectivity index (χ3n) is 2.30. The lowest BCUT2D eigenvalue weighted by Gasteiger charge is -2.13. The molecule has 0 saturated carbocycles. The summed E-state index contributed by atoms with van der Waals surface area (Å²) in [6.45, 7) is 0. The van der Waals surface area contributed by atoms with E-state index >= 15 is 0 Å². The Morgan fingerprint density at radius 1 is 0.842 bits per heavy atom. The van der Waals surface area contributed by atoms with Crippen molar-refractivity contribution in [1.29, 1.82) is 0 Å². The normalized spacial score (nSPS) is 12.7. The maximum Gasteiger partial charge on any atom is 0.416 e. The van der Waals surface area contributed by atoms with Crippen molar-refractivity contribution < 1.29 is 26.3 Å². The van der Waals surface area contributed by atoms with Crippen molar-refractivity contribution in [3.63, 3.8) is 0 Å². The number of H-pyrrole nitrogens is 1. The van der Waals surface area contributed by atoms with Crippen molar-refractivity contribution in [3.05, 3.63) is 35.5 Å². The first-order chi connectivity index (χ1) is 8.68. The molecular formula is C10H5F6N3. The van der Waals surface area contributed by atoms with E-state index in [1.807, 2.05) is 0 Å². The molecule has 0 amide bonds. The van der Waals surface area contributed by atoms with E-state index in [9.17, 15) is 26.3 Å². The van der Waals surface area contributed by atoms with Gasteiger partial charge in [-0.1, -0.05) is 0 Å². The number of nitrogens with one attached hydrogen (secondary N) is 1. The van der Waals surface area contributed by atoms with E-state index in [0.29, 0.717) is 12.1 Å². The van der Waals surface area contributed by atoms with E-state index in [1.54, 1.807) is 0 Å². The molecule has 1 aromatic heterocycles. The second kappa shape index (κ2) is 4.25. The minimum absolute atomic E-state index is 0.0591. The predicted molar refractivity (Wildman–Crippen MR) is 51.8 cm³/mol. The molecule has 0 saturated heterocycles. The fourth-order valence-corrected chi connectivity index (χ4v) is 1.44. The predicted octanol–water partition coefficient (Wildman–Crippen LogP) is 3.51. The Morgan fingerprint density at radius 3 is 1.74 bits per heavy atom. The van der Waals surface area contributed by atoms with Gasteiger partial charge < -0.3 is 0 Å². The zero-order valence-corrected chi connectivity index (χ0v) is 8.97. The number of aromatic amines is 1. The van der Waals surface area contributed by atoms with Gasteiger partial charge in [0.1, 0.15) is 5.69 Å². The van der Waals surface area contributed by atoms with Gasteiger partial charge in [-0.2, -0.15) is 41.8 Å². The number of alkyl halides is 6. The number of rotatable bonds is 1. The first-order valence-corrected chi connectivity index (χ1v) is 4.83. The van der Waals surface area contributed by atoms with E-state index in [4.69, 9.17) is 0 Å². The lowest BCUT2D eigenvalue weighted by atomic mass is 10.0. The molecule has 0 aliphatic heterocycles. The van der Waals surface area contributed by atoms with Gasteiger partial charge in [0.2, 0.25) is 0 Å². The minimum atomic E-state index is -4.88. The van der Waals surface area contributed by atoms with Crippen LogP contribution in [0, 0.1) is 0 Å². The molecule has 2 aromatic rings. The van der Waals surface area contributed by atoms with Crippen LogP contribution in [0.2, 0.25) is 0 Å². The summed E-state index contributed by atoms with van der Waals surface area (Å²) >= 11 is 0. The zero-order chi connectivity index (χ0) is 14.3. The summed E-state index contributed by atoms with van der Waals surface area (Å²) in [4.78, 5) is 0. The first kappa shape index (κ1) is 13.4. The highest BCUT2D eigenvalue weighted by Gasteiger charge is 2.37. The summed E-state index contributed by atoms with van der Waals surface area (Å²) in [5, 5.41) is 8.93. The quantitative estimate of drug-likeness (QED) is 0.813. The molecule has 0 fully saturated rings. The van der Waals surface area contributed by atoms with E-state index in [-0.39, 0.29) is 17.3 Å². The molecule has 0 aliphatic carbocycles. The molecule has 19 heavy (non-hydrogen) atoms. The SMILES string of the molecule is FC(F)(F)c1cc(-c2cn[nH]n2)cc(C(F)(F)F)c1. The number of nitrogens with zero attached hydrogens (tertiary/aromatic N) is 2. The second-order valence-corrected chi connectivity index (χ2v) is 3.65. The van der Waals surface area contributed by atoms with Crippen molar-refractivity contribution in [1.82, 2.24) is 15.4 Å². The summed E-state index contributed by atoms with van der Waals surface area (Å²) in [5.41, 5.74) is -3.19. The Kier molecular flexibility index (Phi) is 2.99. The van der Waals surface area contributed by atoms with Crippen molar-refractivity contribution in [3.8, 4) is 11.3 Å². The third-order valence-corrected chi connectivity index (χ3v) is 2.30. The van der Waals surface area contributed by atoms with Crippen LogP contribution in [-0.4, -0.2) is 15.4 Å². The van der Waals surface area contributed by atoms with Crippen LogP contribution in [0.1, 0.15) is 11.1 Å². The van der Waals surface area contributed by atoms with Crippen molar-refractivity contribution in [2.24, 2.45) is 0 Å². The molecule has 9 heteroatoms. The molecule has 0 radical (unpaired) electrons. The van der Waals surface area contributed by atoms with E-state index < -0.39 is 23.5 Å². The average molecular weight is 281 g/mol. The lowest BCUT2D eigenvalue weighted by Crippen LogP contribution is -2.11. The molecule has 1 aromatic carbocycles. The highest BCUT2D eigenvalue weighted by atomic mass is 19.4. The number of hydrogen-bond donors (Lipinski definition) is 1. The summed E-state index contributed by atoms with van der Waals surface area (Å²) in [5.74, 6) is 0. The van der Waals surface area contributed by atoms with Crippen LogP contribution in [0.3, 0.4) is 0 Å². The molecule has 0 aliphatic rings. The van der Waals surface area contributed by atoms with Gasteiger partial charge in [0.05, 0.1) is 17.3 Å². The molecule has 0 unspecified atom stereocenters. The third kappa shape index (κ3) is 2.85. The summed E-state index contributed by atoms with van der Waals surface area (Å²) in [6, 6.07) is 1.24. The first-order valence-electron chi connectivity index (χ1n) is 4.83. The fourth-order valence-electron chi connectivity index (χ4n) is 1.44. The van der Waals surface area contributed by atoms with Crippen molar-refractivity contribution in [2.45, 2.75) is 12.4 Å². The van der Waals surface area contributed by atoms with Crippen LogP contribution in [0.25, 0.3) is 11.3 Å². The molecule has 2 rings (SSSR count). The average Bonchev–Trinajstić information content (AvgIpc) is 2.79. The summed E-state index contributed by atoms with van der Waals surface area (Å²) in [6.07, 6.45) is -8.71. The van der Waals surface area contributed by atoms with Crippen LogP contribution in [-0.2, 0) is 12.4 Å². The summed E-state index contributed by atoms with van der Waals surface area (Å²) in [7, 11) is 0. The van der Waals surface area contributed by atoms with Crippen molar-refractivity contribution >= 4 is 0 Å². The van der Waals surface area contributed by atoms with Gasteiger partial charge >= 0.3 is 12.4 Å².